The number of carbonyl (C=O) groups is 1. The summed E-state index contributed by atoms with van der Waals surface area (Å²) in [7, 11) is 1.63. The van der Waals surface area contributed by atoms with Crippen molar-refractivity contribution in [2.24, 2.45) is 0 Å². The molecule has 5 nitrogen and oxygen atoms in total. The number of nitrogens with one attached hydrogen (secondary N) is 1. The summed E-state index contributed by atoms with van der Waals surface area (Å²) in [5, 5.41) is 8.31. The second-order valence-electron chi connectivity index (χ2n) is 5.23. The number of rotatable bonds is 5. The van der Waals surface area contributed by atoms with Crippen molar-refractivity contribution in [2.75, 3.05) is 7.11 Å². The van der Waals surface area contributed by atoms with Gasteiger partial charge in [-0.2, -0.15) is 5.10 Å². The number of ether oxygens (including phenoxy) is 1. The van der Waals surface area contributed by atoms with Crippen LogP contribution in [0.5, 0.6) is 5.88 Å². The third-order valence-corrected chi connectivity index (χ3v) is 3.74. The van der Waals surface area contributed by atoms with Gasteiger partial charge in [0.05, 0.1) is 18.0 Å². The second kappa shape index (κ2) is 6.52. The van der Waals surface area contributed by atoms with Crippen LogP contribution >= 0.6 is 0 Å². The first-order chi connectivity index (χ1) is 11.2. The van der Waals surface area contributed by atoms with Crippen LogP contribution in [0.4, 0.5) is 0 Å². The number of aromatic nitrogens is 2. The van der Waals surface area contributed by atoms with Gasteiger partial charge in [-0.25, -0.2) is 4.68 Å². The van der Waals surface area contributed by atoms with Crippen LogP contribution in [0.25, 0.3) is 10.9 Å². The predicted octanol–water partition coefficient (Wildman–Crippen LogP) is 2.99. The maximum absolute atomic E-state index is 12.3. The van der Waals surface area contributed by atoms with Crippen LogP contribution in [-0.2, 0) is 13.1 Å². The molecule has 1 N–H and O–H groups in total. The fraction of sp³-hybridized carbons (Fsp3) is 0.222. The average molecular weight is 309 g/mol. The van der Waals surface area contributed by atoms with E-state index >= 15 is 0 Å². The van der Waals surface area contributed by atoms with Gasteiger partial charge in [-0.1, -0.05) is 30.3 Å². The van der Waals surface area contributed by atoms with Gasteiger partial charge in [0.25, 0.3) is 5.91 Å². The van der Waals surface area contributed by atoms with Crippen LogP contribution in [0.1, 0.15) is 22.8 Å². The monoisotopic (exact) mass is 309 g/mol. The van der Waals surface area contributed by atoms with Gasteiger partial charge in [0.2, 0.25) is 5.88 Å². The van der Waals surface area contributed by atoms with Crippen molar-refractivity contribution in [3.63, 3.8) is 0 Å². The molecule has 3 rings (SSSR count). The van der Waals surface area contributed by atoms with E-state index in [0.717, 1.165) is 22.3 Å². The molecule has 0 aliphatic carbocycles. The topological polar surface area (TPSA) is 56.2 Å². The summed E-state index contributed by atoms with van der Waals surface area (Å²) in [6.45, 7) is 3.22. The molecule has 0 radical (unpaired) electrons. The summed E-state index contributed by atoms with van der Waals surface area (Å²) < 4.78 is 7.18. The predicted molar refractivity (Wildman–Crippen MR) is 89.6 cm³/mol. The third-order valence-electron chi connectivity index (χ3n) is 3.74. The summed E-state index contributed by atoms with van der Waals surface area (Å²) in [5.41, 5.74) is 2.42. The number of carbonyl (C=O) groups excluding carboxylic acids is 1. The Bertz CT molecular complexity index is 825. The lowest BCUT2D eigenvalue weighted by Gasteiger charge is -2.05. The van der Waals surface area contributed by atoms with E-state index in [9.17, 15) is 4.79 Å². The van der Waals surface area contributed by atoms with E-state index in [2.05, 4.69) is 10.4 Å². The van der Waals surface area contributed by atoms with E-state index in [4.69, 9.17) is 4.74 Å². The van der Waals surface area contributed by atoms with Gasteiger partial charge in [-0.05, 0) is 30.7 Å². The zero-order chi connectivity index (χ0) is 16.2. The highest BCUT2D eigenvalue weighted by Crippen LogP contribution is 2.26. The molecule has 2 aromatic carbocycles. The number of aryl methyl sites for hydroxylation is 1. The standard InChI is InChI=1S/C18H19N3O2/c1-3-21-18(23-2)15-10-9-14(11-16(15)20-21)17(22)19-12-13-7-5-4-6-8-13/h4-11H,3,12H2,1-2H3,(H,19,22). The molecule has 1 amide bonds. The van der Waals surface area contributed by atoms with Crippen molar-refractivity contribution in [1.29, 1.82) is 0 Å². The zero-order valence-corrected chi connectivity index (χ0v) is 13.2. The van der Waals surface area contributed by atoms with E-state index in [0.29, 0.717) is 18.7 Å². The highest BCUT2D eigenvalue weighted by molar-refractivity contribution is 5.98. The van der Waals surface area contributed by atoms with Gasteiger partial charge in [0.1, 0.15) is 0 Å². The van der Waals surface area contributed by atoms with E-state index in [1.54, 1.807) is 23.9 Å². The van der Waals surface area contributed by atoms with E-state index in [-0.39, 0.29) is 5.91 Å². The van der Waals surface area contributed by atoms with Gasteiger partial charge >= 0.3 is 0 Å². The molecule has 118 valence electrons. The molecule has 0 spiro atoms. The van der Waals surface area contributed by atoms with Gasteiger partial charge in [-0.3, -0.25) is 4.79 Å². The molecule has 0 aliphatic heterocycles. The molecule has 1 aromatic heterocycles. The first kappa shape index (κ1) is 15.1. The largest absolute Gasteiger partial charge is 0.481 e. The molecule has 23 heavy (non-hydrogen) atoms. The van der Waals surface area contributed by atoms with Crippen molar-refractivity contribution >= 4 is 16.8 Å². The van der Waals surface area contributed by atoms with Gasteiger partial charge in [-0.15, -0.1) is 0 Å². The lowest BCUT2D eigenvalue weighted by molar-refractivity contribution is 0.0951. The Kier molecular flexibility index (Phi) is 4.28. The quantitative estimate of drug-likeness (QED) is 0.788. The molecule has 0 aliphatic rings. The van der Waals surface area contributed by atoms with E-state index in [1.807, 2.05) is 43.3 Å². The summed E-state index contributed by atoms with van der Waals surface area (Å²) in [5.74, 6) is 0.611. The molecular formula is C18H19N3O2. The molecule has 5 heteroatoms. The molecule has 0 saturated carbocycles. The summed E-state index contributed by atoms with van der Waals surface area (Å²) >= 11 is 0. The fourth-order valence-electron chi connectivity index (χ4n) is 2.56. The van der Waals surface area contributed by atoms with Crippen LogP contribution in [0, 0.1) is 0 Å². The average Bonchev–Trinajstić information content (AvgIpc) is 2.97. The maximum atomic E-state index is 12.3. The highest BCUT2D eigenvalue weighted by atomic mass is 16.5. The molecule has 0 saturated heterocycles. The second-order valence-corrected chi connectivity index (χ2v) is 5.23. The number of benzene rings is 2. The van der Waals surface area contributed by atoms with E-state index < -0.39 is 0 Å². The maximum Gasteiger partial charge on any atom is 0.251 e. The molecule has 0 bridgehead atoms. The smallest absolute Gasteiger partial charge is 0.251 e. The van der Waals surface area contributed by atoms with Crippen LogP contribution < -0.4 is 10.1 Å². The minimum Gasteiger partial charge on any atom is -0.481 e. The zero-order valence-electron chi connectivity index (χ0n) is 13.2. The van der Waals surface area contributed by atoms with Crippen LogP contribution in [0.15, 0.2) is 48.5 Å². The van der Waals surface area contributed by atoms with Crippen molar-refractivity contribution in [3.8, 4) is 5.88 Å². The Labute approximate surface area is 134 Å². The van der Waals surface area contributed by atoms with E-state index in [1.165, 1.54) is 0 Å². The molecular weight excluding hydrogens is 290 g/mol. The minimum atomic E-state index is -0.110. The number of fused-ring (bicyclic) bond motifs is 1. The molecule has 1 heterocycles. The lowest BCUT2D eigenvalue weighted by Crippen LogP contribution is -2.22. The minimum absolute atomic E-state index is 0.110. The highest BCUT2D eigenvalue weighted by Gasteiger charge is 2.13. The number of hydrogen-bond acceptors (Lipinski definition) is 3. The first-order valence-electron chi connectivity index (χ1n) is 7.59. The Morgan fingerprint density at radius 3 is 2.70 bits per heavy atom. The first-order valence-corrected chi connectivity index (χ1v) is 7.59. The number of amides is 1. The summed E-state index contributed by atoms with van der Waals surface area (Å²) in [4.78, 5) is 12.3. The Morgan fingerprint density at radius 1 is 1.22 bits per heavy atom. The Hall–Kier alpha value is -2.82. The number of methoxy groups -OCH3 is 1. The SMILES string of the molecule is CCn1nc2cc(C(=O)NCc3ccccc3)ccc2c1OC. The Balaban J connectivity index is 1.81. The summed E-state index contributed by atoms with van der Waals surface area (Å²) in [6.07, 6.45) is 0. The third kappa shape index (κ3) is 3.04. The molecule has 0 atom stereocenters. The van der Waals surface area contributed by atoms with Crippen molar-refractivity contribution in [1.82, 2.24) is 15.1 Å². The fourth-order valence-corrected chi connectivity index (χ4v) is 2.56. The van der Waals surface area contributed by atoms with Crippen molar-refractivity contribution < 1.29 is 9.53 Å². The molecule has 0 unspecified atom stereocenters. The van der Waals surface area contributed by atoms with Gasteiger partial charge in [0, 0.05) is 18.7 Å². The van der Waals surface area contributed by atoms with Crippen molar-refractivity contribution in [3.05, 3.63) is 59.7 Å². The Morgan fingerprint density at radius 2 is 2.00 bits per heavy atom. The normalized spacial score (nSPS) is 10.7. The van der Waals surface area contributed by atoms with Crippen LogP contribution in [-0.4, -0.2) is 22.8 Å². The lowest BCUT2D eigenvalue weighted by atomic mass is 10.1. The molecule has 0 fully saturated rings. The number of nitrogens with zero attached hydrogens (tertiary/aromatic N) is 2. The molecule has 3 aromatic rings. The number of hydrogen-bond donors (Lipinski definition) is 1. The van der Waals surface area contributed by atoms with Crippen LogP contribution in [0.2, 0.25) is 0 Å². The summed E-state index contributed by atoms with van der Waals surface area (Å²) in [6, 6.07) is 15.3. The van der Waals surface area contributed by atoms with Gasteiger partial charge < -0.3 is 10.1 Å². The van der Waals surface area contributed by atoms with Crippen LogP contribution in [0.3, 0.4) is 0 Å². The van der Waals surface area contributed by atoms with Gasteiger partial charge in [0.15, 0.2) is 0 Å². The van der Waals surface area contributed by atoms with Crippen molar-refractivity contribution in [2.45, 2.75) is 20.0 Å².